The molecule has 0 bridgehead atoms. The lowest BCUT2D eigenvalue weighted by Crippen LogP contribution is -2.43. The Labute approximate surface area is 133 Å². The van der Waals surface area contributed by atoms with Gasteiger partial charge in [-0.15, -0.1) is 0 Å². The van der Waals surface area contributed by atoms with Crippen LogP contribution in [0.5, 0.6) is 0 Å². The molecule has 2 N–H and O–H groups in total. The van der Waals surface area contributed by atoms with Crippen molar-refractivity contribution >= 4 is 5.91 Å². The predicted molar refractivity (Wildman–Crippen MR) is 89.5 cm³/mol. The van der Waals surface area contributed by atoms with Crippen LogP contribution in [0.1, 0.15) is 50.0 Å². The van der Waals surface area contributed by atoms with Gasteiger partial charge in [0.05, 0.1) is 0 Å². The lowest BCUT2D eigenvalue weighted by atomic mass is 9.81. The summed E-state index contributed by atoms with van der Waals surface area (Å²) in [6.45, 7) is 2.62. The molecule has 0 radical (unpaired) electrons. The molecule has 1 atom stereocenters. The van der Waals surface area contributed by atoms with Gasteiger partial charge < -0.3 is 10.6 Å². The number of benzene rings is 1. The van der Waals surface area contributed by atoms with Crippen LogP contribution in [-0.4, -0.2) is 30.4 Å². The van der Waals surface area contributed by atoms with Gasteiger partial charge in [-0.3, -0.25) is 4.79 Å². The van der Waals surface area contributed by atoms with Gasteiger partial charge in [0, 0.05) is 24.9 Å². The maximum Gasteiger partial charge on any atom is 0.225 e. The molecule has 1 saturated heterocycles. The fraction of sp³-hybridized carbons (Fsp3) is 0.632. The SMILES string of the molecule is NCC1CCC(C(=O)N2CCCC(c3ccccc3)C2)CC1. The number of hydrogen-bond donors (Lipinski definition) is 1. The van der Waals surface area contributed by atoms with Gasteiger partial charge in [0.1, 0.15) is 0 Å². The van der Waals surface area contributed by atoms with Gasteiger partial charge in [-0.1, -0.05) is 30.3 Å². The molecule has 0 aromatic heterocycles. The van der Waals surface area contributed by atoms with Crippen LogP contribution in [-0.2, 0) is 4.79 Å². The third-order valence-corrected chi connectivity index (χ3v) is 5.53. The minimum Gasteiger partial charge on any atom is -0.342 e. The molecule has 3 nitrogen and oxygen atoms in total. The van der Waals surface area contributed by atoms with Crippen molar-refractivity contribution in [3.63, 3.8) is 0 Å². The maximum absolute atomic E-state index is 12.8. The number of amides is 1. The molecule has 1 unspecified atom stereocenters. The monoisotopic (exact) mass is 300 g/mol. The largest absolute Gasteiger partial charge is 0.342 e. The number of nitrogens with zero attached hydrogens (tertiary/aromatic N) is 1. The number of hydrogen-bond acceptors (Lipinski definition) is 2. The highest BCUT2D eigenvalue weighted by atomic mass is 16.2. The summed E-state index contributed by atoms with van der Waals surface area (Å²) < 4.78 is 0. The van der Waals surface area contributed by atoms with Gasteiger partial charge in [-0.25, -0.2) is 0 Å². The highest BCUT2D eigenvalue weighted by Gasteiger charge is 2.31. The Morgan fingerprint density at radius 1 is 1.09 bits per heavy atom. The Morgan fingerprint density at radius 3 is 2.50 bits per heavy atom. The first-order chi connectivity index (χ1) is 10.8. The van der Waals surface area contributed by atoms with Crippen LogP contribution >= 0.6 is 0 Å². The highest BCUT2D eigenvalue weighted by molar-refractivity contribution is 5.79. The van der Waals surface area contributed by atoms with Crippen LogP contribution in [0.25, 0.3) is 0 Å². The topological polar surface area (TPSA) is 46.3 Å². The zero-order valence-corrected chi connectivity index (χ0v) is 13.4. The van der Waals surface area contributed by atoms with Crippen molar-refractivity contribution in [2.45, 2.75) is 44.4 Å². The van der Waals surface area contributed by atoms with Crippen LogP contribution in [0.4, 0.5) is 0 Å². The van der Waals surface area contributed by atoms with E-state index in [0.29, 0.717) is 17.7 Å². The Morgan fingerprint density at radius 2 is 1.82 bits per heavy atom. The molecule has 1 aromatic rings. The van der Waals surface area contributed by atoms with Gasteiger partial charge in [-0.05, 0) is 56.6 Å². The summed E-state index contributed by atoms with van der Waals surface area (Å²) >= 11 is 0. The van der Waals surface area contributed by atoms with Crippen molar-refractivity contribution in [2.75, 3.05) is 19.6 Å². The quantitative estimate of drug-likeness (QED) is 0.932. The summed E-state index contributed by atoms with van der Waals surface area (Å²) in [5.41, 5.74) is 7.14. The molecule has 2 fully saturated rings. The zero-order valence-electron chi connectivity index (χ0n) is 13.4. The van der Waals surface area contributed by atoms with Gasteiger partial charge in [0.15, 0.2) is 0 Å². The summed E-state index contributed by atoms with van der Waals surface area (Å²) in [6.07, 6.45) is 6.66. The highest BCUT2D eigenvalue weighted by Crippen LogP contribution is 2.32. The lowest BCUT2D eigenvalue weighted by molar-refractivity contribution is -0.138. The first-order valence-corrected chi connectivity index (χ1v) is 8.81. The van der Waals surface area contributed by atoms with E-state index < -0.39 is 0 Å². The van der Waals surface area contributed by atoms with Gasteiger partial charge in [0.25, 0.3) is 0 Å². The maximum atomic E-state index is 12.8. The van der Waals surface area contributed by atoms with Crippen molar-refractivity contribution in [2.24, 2.45) is 17.6 Å². The van der Waals surface area contributed by atoms with E-state index in [0.717, 1.165) is 51.7 Å². The number of likely N-dealkylation sites (tertiary alicyclic amines) is 1. The fourth-order valence-corrected chi connectivity index (χ4v) is 4.08. The molecular weight excluding hydrogens is 272 g/mol. The summed E-state index contributed by atoms with van der Waals surface area (Å²) in [7, 11) is 0. The summed E-state index contributed by atoms with van der Waals surface area (Å²) in [6, 6.07) is 10.7. The first-order valence-electron chi connectivity index (χ1n) is 8.81. The van der Waals surface area contributed by atoms with E-state index in [1.807, 2.05) is 0 Å². The molecule has 1 heterocycles. The molecule has 2 aliphatic rings. The molecule has 120 valence electrons. The second-order valence-corrected chi connectivity index (χ2v) is 6.99. The molecule has 3 heteroatoms. The Hall–Kier alpha value is -1.35. The van der Waals surface area contributed by atoms with E-state index in [-0.39, 0.29) is 5.92 Å². The van der Waals surface area contributed by atoms with Crippen molar-refractivity contribution in [3.05, 3.63) is 35.9 Å². The molecule has 0 spiro atoms. The molecule has 1 aromatic carbocycles. The van der Waals surface area contributed by atoms with E-state index in [1.165, 1.54) is 12.0 Å². The first kappa shape index (κ1) is 15.5. The van der Waals surface area contributed by atoms with Gasteiger partial charge in [-0.2, -0.15) is 0 Å². The van der Waals surface area contributed by atoms with Crippen LogP contribution < -0.4 is 5.73 Å². The average molecular weight is 300 g/mol. The van der Waals surface area contributed by atoms with E-state index >= 15 is 0 Å². The van der Waals surface area contributed by atoms with Crippen molar-refractivity contribution in [3.8, 4) is 0 Å². The third-order valence-electron chi connectivity index (χ3n) is 5.53. The molecule has 1 aliphatic carbocycles. The average Bonchev–Trinajstić information content (AvgIpc) is 2.62. The molecule has 1 aliphatic heterocycles. The number of carbonyl (C=O) groups excluding carboxylic acids is 1. The van der Waals surface area contributed by atoms with E-state index in [9.17, 15) is 4.79 Å². The van der Waals surface area contributed by atoms with E-state index in [1.54, 1.807) is 0 Å². The third kappa shape index (κ3) is 3.52. The summed E-state index contributed by atoms with van der Waals surface area (Å²) in [5, 5.41) is 0. The van der Waals surface area contributed by atoms with Crippen molar-refractivity contribution in [1.29, 1.82) is 0 Å². The summed E-state index contributed by atoms with van der Waals surface area (Å²) in [4.78, 5) is 15.0. The van der Waals surface area contributed by atoms with Crippen molar-refractivity contribution < 1.29 is 4.79 Å². The molecule has 3 rings (SSSR count). The van der Waals surface area contributed by atoms with Gasteiger partial charge >= 0.3 is 0 Å². The normalized spacial score (nSPS) is 29.3. The minimum atomic E-state index is 0.248. The smallest absolute Gasteiger partial charge is 0.225 e. The second kappa shape index (κ2) is 7.28. The Bertz CT molecular complexity index is 479. The standard InChI is InChI=1S/C19H28N2O/c20-13-15-8-10-17(11-9-15)19(22)21-12-4-7-18(14-21)16-5-2-1-3-6-16/h1-3,5-6,15,17-18H,4,7-14,20H2. The van der Waals surface area contributed by atoms with E-state index in [2.05, 4.69) is 35.2 Å². The number of nitrogens with two attached hydrogens (primary N) is 1. The fourth-order valence-electron chi connectivity index (χ4n) is 4.08. The van der Waals surface area contributed by atoms with Crippen LogP contribution in [0.15, 0.2) is 30.3 Å². The Balaban J connectivity index is 1.59. The zero-order chi connectivity index (χ0) is 15.4. The summed E-state index contributed by atoms with van der Waals surface area (Å²) in [5.74, 6) is 1.80. The molecule has 1 saturated carbocycles. The van der Waals surface area contributed by atoms with Crippen LogP contribution in [0, 0.1) is 11.8 Å². The Kier molecular flexibility index (Phi) is 5.14. The van der Waals surface area contributed by atoms with E-state index in [4.69, 9.17) is 5.73 Å². The molecule has 22 heavy (non-hydrogen) atoms. The number of piperidine rings is 1. The van der Waals surface area contributed by atoms with Crippen LogP contribution in [0.3, 0.4) is 0 Å². The van der Waals surface area contributed by atoms with Crippen molar-refractivity contribution in [1.82, 2.24) is 4.90 Å². The predicted octanol–water partition coefficient (Wildman–Crippen LogP) is 3.16. The lowest BCUT2D eigenvalue weighted by Gasteiger charge is -2.37. The van der Waals surface area contributed by atoms with Crippen LogP contribution in [0.2, 0.25) is 0 Å². The molecule has 1 amide bonds. The number of rotatable bonds is 3. The minimum absolute atomic E-state index is 0.248. The second-order valence-electron chi connectivity index (χ2n) is 6.99. The molecular formula is C19H28N2O. The number of carbonyl (C=O) groups is 1. The van der Waals surface area contributed by atoms with Gasteiger partial charge in [0.2, 0.25) is 5.91 Å².